The summed E-state index contributed by atoms with van der Waals surface area (Å²) in [5.41, 5.74) is 1.41. The van der Waals surface area contributed by atoms with Crippen molar-refractivity contribution in [2.75, 3.05) is 24.5 Å². The van der Waals surface area contributed by atoms with Gasteiger partial charge in [0.1, 0.15) is 0 Å². The zero-order chi connectivity index (χ0) is 13.2. The highest BCUT2D eigenvalue weighted by Crippen LogP contribution is 2.38. The van der Waals surface area contributed by atoms with E-state index in [1.165, 1.54) is 56.0 Å². The van der Waals surface area contributed by atoms with E-state index in [4.69, 9.17) is 4.98 Å². The maximum absolute atomic E-state index is 5.00. The van der Waals surface area contributed by atoms with Crippen LogP contribution in [0.25, 0.3) is 0 Å². The number of nitrogens with zero attached hydrogens (tertiary/aromatic N) is 2. The molecule has 1 aliphatic carbocycles. The second-order valence-electron chi connectivity index (χ2n) is 6.15. The Morgan fingerprint density at radius 3 is 2.84 bits per heavy atom. The van der Waals surface area contributed by atoms with Crippen molar-refractivity contribution in [1.82, 2.24) is 10.3 Å². The molecule has 1 aliphatic heterocycles. The van der Waals surface area contributed by atoms with Gasteiger partial charge >= 0.3 is 0 Å². The molecule has 0 radical (unpaired) electrons. The second-order valence-corrected chi connectivity index (χ2v) is 7.21. The summed E-state index contributed by atoms with van der Waals surface area (Å²) >= 11 is 1.96. The maximum Gasteiger partial charge on any atom is 0.185 e. The Balaban J connectivity index is 1.75. The van der Waals surface area contributed by atoms with Crippen LogP contribution in [0.1, 0.15) is 56.0 Å². The predicted octanol–water partition coefficient (Wildman–Crippen LogP) is 3.16. The van der Waals surface area contributed by atoms with Crippen LogP contribution < -0.4 is 10.2 Å². The van der Waals surface area contributed by atoms with Crippen molar-refractivity contribution >= 4 is 16.5 Å². The molecule has 1 aromatic rings. The molecule has 1 saturated heterocycles. The van der Waals surface area contributed by atoms with Crippen LogP contribution in [0.3, 0.4) is 0 Å². The summed E-state index contributed by atoms with van der Waals surface area (Å²) in [6.45, 7) is 7.96. The molecule has 2 aliphatic rings. The van der Waals surface area contributed by atoms with Gasteiger partial charge in [0.2, 0.25) is 0 Å². The normalized spacial score (nSPS) is 23.1. The minimum atomic E-state index is 0.571. The zero-order valence-electron chi connectivity index (χ0n) is 12.1. The van der Waals surface area contributed by atoms with Gasteiger partial charge in [0, 0.05) is 36.5 Å². The first-order valence-electron chi connectivity index (χ1n) is 7.72. The van der Waals surface area contributed by atoms with Crippen LogP contribution in [0.2, 0.25) is 0 Å². The third-order valence-corrected chi connectivity index (χ3v) is 5.40. The molecule has 19 heavy (non-hydrogen) atoms. The average molecular weight is 279 g/mol. The number of anilines is 1. The van der Waals surface area contributed by atoms with E-state index in [1.54, 1.807) is 4.88 Å². The monoisotopic (exact) mass is 279 g/mol. The molecule has 0 aromatic carbocycles. The van der Waals surface area contributed by atoms with Crippen molar-refractivity contribution in [2.45, 2.75) is 57.9 Å². The predicted molar refractivity (Wildman–Crippen MR) is 82.4 cm³/mol. The van der Waals surface area contributed by atoms with Gasteiger partial charge in [-0.3, -0.25) is 0 Å². The van der Waals surface area contributed by atoms with E-state index >= 15 is 0 Å². The highest BCUT2D eigenvalue weighted by Gasteiger charge is 2.26. The Hall–Kier alpha value is -0.610. The molecule has 1 fully saturated rings. The van der Waals surface area contributed by atoms with Gasteiger partial charge < -0.3 is 10.2 Å². The Kier molecular flexibility index (Phi) is 4.08. The molecule has 1 unspecified atom stereocenters. The van der Waals surface area contributed by atoms with Gasteiger partial charge in [-0.15, -0.1) is 11.3 Å². The van der Waals surface area contributed by atoms with Gasteiger partial charge in [0.15, 0.2) is 5.13 Å². The minimum Gasteiger partial charge on any atom is -0.348 e. The van der Waals surface area contributed by atoms with Crippen LogP contribution in [0.15, 0.2) is 0 Å². The van der Waals surface area contributed by atoms with Gasteiger partial charge in [-0.25, -0.2) is 4.98 Å². The molecule has 3 nitrogen and oxygen atoms in total. The lowest BCUT2D eigenvalue weighted by Gasteiger charge is -2.22. The van der Waals surface area contributed by atoms with Crippen LogP contribution in [0.4, 0.5) is 5.13 Å². The summed E-state index contributed by atoms with van der Waals surface area (Å²) < 4.78 is 0. The van der Waals surface area contributed by atoms with Crippen LogP contribution in [-0.4, -0.2) is 30.7 Å². The highest BCUT2D eigenvalue weighted by molar-refractivity contribution is 7.15. The fourth-order valence-electron chi connectivity index (χ4n) is 3.11. The number of aromatic nitrogens is 1. The summed E-state index contributed by atoms with van der Waals surface area (Å²) in [5, 5.41) is 4.88. The first-order valence-corrected chi connectivity index (χ1v) is 8.53. The Bertz CT molecular complexity index is 421. The fraction of sp³-hybridized carbons (Fsp3) is 0.800. The number of aryl methyl sites for hydroxylation is 1. The average Bonchev–Trinajstić information content (AvgIpc) is 3.04. The van der Waals surface area contributed by atoms with E-state index in [9.17, 15) is 0 Å². The van der Waals surface area contributed by atoms with Crippen molar-refractivity contribution in [2.24, 2.45) is 0 Å². The molecule has 3 rings (SSSR count). The summed E-state index contributed by atoms with van der Waals surface area (Å²) in [6, 6.07) is 0.571. The number of hydrogen-bond acceptors (Lipinski definition) is 4. The lowest BCUT2D eigenvalue weighted by Crippen LogP contribution is -2.29. The third-order valence-electron chi connectivity index (χ3n) is 4.21. The lowest BCUT2D eigenvalue weighted by molar-refractivity contribution is 0.475. The molecule has 1 aromatic heterocycles. The van der Waals surface area contributed by atoms with Crippen LogP contribution in [0, 0.1) is 0 Å². The largest absolute Gasteiger partial charge is 0.348 e. The number of fused-ring (bicyclic) bond motifs is 1. The van der Waals surface area contributed by atoms with E-state index in [0.29, 0.717) is 12.0 Å². The zero-order valence-corrected chi connectivity index (χ0v) is 12.9. The second kappa shape index (κ2) is 5.80. The van der Waals surface area contributed by atoms with E-state index in [2.05, 4.69) is 24.1 Å². The quantitative estimate of drug-likeness (QED) is 0.917. The maximum atomic E-state index is 5.00. The van der Waals surface area contributed by atoms with Crippen molar-refractivity contribution in [3.8, 4) is 0 Å². The summed E-state index contributed by atoms with van der Waals surface area (Å²) in [7, 11) is 0. The number of hydrogen-bond donors (Lipinski definition) is 1. The Morgan fingerprint density at radius 2 is 2.11 bits per heavy atom. The topological polar surface area (TPSA) is 28.2 Å². The van der Waals surface area contributed by atoms with Crippen LogP contribution in [0.5, 0.6) is 0 Å². The summed E-state index contributed by atoms with van der Waals surface area (Å²) in [4.78, 5) is 9.04. The minimum absolute atomic E-state index is 0.571. The Labute approximate surface area is 120 Å². The first-order chi connectivity index (χ1) is 9.24. The van der Waals surface area contributed by atoms with Gasteiger partial charge in [-0.1, -0.05) is 13.8 Å². The highest BCUT2D eigenvalue weighted by atomic mass is 32.1. The van der Waals surface area contributed by atoms with Crippen molar-refractivity contribution < 1.29 is 0 Å². The molecule has 106 valence electrons. The SMILES string of the molecule is CC(C)NCC1CCCc2sc(N3CCCC3)nc21. The van der Waals surface area contributed by atoms with Crippen molar-refractivity contribution in [3.05, 3.63) is 10.6 Å². The summed E-state index contributed by atoms with van der Waals surface area (Å²) in [6.07, 6.45) is 6.55. The molecular weight excluding hydrogens is 254 g/mol. The molecular formula is C15H25N3S. The lowest BCUT2D eigenvalue weighted by atomic mass is 9.91. The third kappa shape index (κ3) is 2.95. The molecule has 0 spiro atoms. The van der Waals surface area contributed by atoms with Crippen LogP contribution >= 0.6 is 11.3 Å². The fourth-order valence-corrected chi connectivity index (χ4v) is 4.35. The molecule has 1 N–H and O–H groups in total. The van der Waals surface area contributed by atoms with E-state index in [0.717, 1.165) is 6.54 Å². The van der Waals surface area contributed by atoms with Gasteiger partial charge in [0.25, 0.3) is 0 Å². The van der Waals surface area contributed by atoms with E-state index < -0.39 is 0 Å². The Morgan fingerprint density at radius 1 is 1.32 bits per heavy atom. The molecule has 0 bridgehead atoms. The van der Waals surface area contributed by atoms with E-state index in [-0.39, 0.29) is 0 Å². The van der Waals surface area contributed by atoms with E-state index in [1.807, 2.05) is 11.3 Å². The number of nitrogens with one attached hydrogen (secondary N) is 1. The van der Waals surface area contributed by atoms with Crippen molar-refractivity contribution in [3.63, 3.8) is 0 Å². The molecule has 4 heteroatoms. The van der Waals surface area contributed by atoms with Gasteiger partial charge in [0.05, 0.1) is 5.69 Å². The van der Waals surface area contributed by atoms with Crippen LogP contribution in [-0.2, 0) is 6.42 Å². The molecule has 0 amide bonds. The number of rotatable bonds is 4. The van der Waals surface area contributed by atoms with Crippen molar-refractivity contribution in [1.29, 1.82) is 0 Å². The molecule has 1 atom stereocenters. The van der Waals surface area contributed by atoms with Gasteiger partial charge in [-0.2, -0.15) is 0 Å². The molecule has 2 heterocycles. The standard InChI is InChI=1S/C15H25N3S/c1-11(2)16-10-12-6-5-7-13-14(12)17-15(19-13)18-8-3-4-9-18/h11-12,16H,3-10H2,1-2H3. The molecule has 0 saturated carbocycles. The first kappa shape index (κ1) is 13.4. The smallest absolute Gasteiger partial charge is 0.185 e. The number of thiazole rings is 1. The summed E-state index contributed by atoms with van der Waals surface area (Å²) in [5.74, 6) is 0.638. The van der Waals surface area contributed by atoms with Gasteiger partial charge in [-0.05, 0) is 32.1 Å².